The predicted octanol–water partition coefficient (Wildman–Crippen LogP) is 3.62. The fourth-order valence-corrected chi connectivity index (χ4v) is 2.45. The molecule has 0 bridgehead atoms. The normalized spacial score (nSPS) is 10.8. The highest BCUT2D eigenvalue weighted by molar-refractivity contribution is 9.10. The van der Waals surface area contributed by atoms with Crippen molar-refractivity contribution >= 4 is 44.0 Å². The van der Waals surface area contributed by atoms with Gasteiger partial charge < -0.3 is 11.1 Å². The van der Waals surface area contributed by atoms with Crippen LogP contribution in [0.3, 0.4) is 0 Å². The third-order valence-corrected chi connectivity index (χ3v) is 3.50. The van der Waals surface area contributed by atoms with E-state index in [-0.39, 0.29) is 0 Å². The van der Waals surface area contributed by atoms with Crippen LogP contribution in [0.5, 0.6) is 0 Å². The molecule has 0 spiro atoms. The molecule has 6 heteroatoms. The van der Waals surface area contributed by atoms with Gasteiger partial charge in [0.15, 0.2) is 11.0 Å². The minimum absolute atomic E-state index is 0.546. The number of benzene rings is 2. The summed E-state index contributed by atoms with van der Waals surface area (Å²) >= 11 is 3.53. The van der Waals surface area contributed by atoms with Crippen molar-refractivity contribution in [1.29, 1.82) is 0 Å². The van der Waals surface area contributed by atoms with Crippen LogP contribution in [0.4, 0.5) is 17.1 Å². The Morgan fingerprint density at radius 2 is 1.84 bits per heavy atom. The average Bonchev–Trinajstić information content (AvgIpc) is 2.86. The molecule has 1 aromatic heterocycles. The summed E-state index contributed by atoms with van der Waals surface area (Å²) in [6, 6.07) is 9.70. The number of hydrogen-bond donors (Lipinski definition) is 2. The van der Waals surface area contributed by atoms with Gasteiger partial charge >= 0.3 is 0 Å². The van der Waals surface area contributed by atoms with E-state index in [0.717, 1.165) is 15.8 Å². The SMILES string of the molecule is Cc1ccc(Nc2ccc(N)c3nonc23)c(Br)c1. The van der Waals surface area contributed by atoms with Crippen molar-refractivity contribution in [3.63, 3.8) is 0 Å². The zero-order chi connectivity index (χ0) is 13.4. The van der Waals surface area contributed by atoms with E-state index in [0.29, 0.717) is 16.7 Å². The monoisotopic (exact) mass is 318 g/mol. The zero-order valence-electron chi connectivity index (χ0n) is 10.1. The number of hydrogen-bond acceptors (Lipinski definition) is 5. The minimum atomic E-state index is 0.546. The Hall–Kier alpha value is -2.08. The van der Waals surface area contributed by atoms with E-state index in [4.69, 9.17) is 10.4 Å². The van der Waals surface area contributed by atoms with Crippen LogP contribution in [-0.4, -0.2) is 10.3 Å². The highest BCUT2D eigenvalue weighted by Gasteiger charge is 2.11. The number of nitrogens with two attached hydrogens (primary N) is 1. The average molecular weight is 319 g/mol. The molecule has 96 valence electrons. The van der Waals surface area contributed by atoms with Crippen molar-refractivity contribution in [3.05, 3.63) is 40.4 Å². The fourth-order valence-electron chi connectivity index (χ4n) is 1.85. The smallest absolute Gasteiger partial charge is 0.160 e. The number of nitrogens with zero attached hydrogens (tertiary/aromatic N) is 2. The summed E-state index contributed by atoms with van der Waals surface area (Å²) in [4.78, 5) is 0. The third kappa shape index (κ3) is 2.15. The van der Waals surface area contributed by atoms with Gasteiger partial charge in [-0.25, -0.2) is 4.63 Å². The molecule has 0 saturated carbocycles. The molecule has 1 heterocycles. The number of rotatable bonds is 2. The lowest BCUT2D eigenvalue weighted by Crippen LogP contribution is -1.95. The Bertz CT molecular complexity index is 753. The van der Waals surface area contributed by atoms with Gasteiger partial charge in [-0.2, -0.15) is 0 Å². The van der Waals surface area contributed by atoms with Gasteiger partial charge in [-0.05, 0) is 63.0 Å². The van der Waals surface area contributed by atoms with E-state index < -0.39 is 0 Å². The molecule has 19 heavy (non-hydrogen) atoms. The second kappa shape index (κ2) is 4.55. The molecule has 3 rings (SSSR count). The maximum Gasteiger partial charge on any atom is 0.160 e. The molecule has 0 amide bonds. The number of aromatic nitrogens is 2. The van der Waals surface area contributed by atoms with E-state index >= 15 is 0 Å². The first kappa shape index (κ1) is 12.0. The van der Waals surface area contributed by atoms with Gasteiger partial charge in [0.05, 0.1) is 17.1 Å². The second-order valence-corrected chi connectivity index (χ2v) is 5.13. The Kier molecular flexibility index (Phi) is 2.87. The van der Waals surface area contributed by atoms with Crippen LogP contribution in [0, 0.1) is 6.92 Å². The molecule has 0 radical (unpaired) electrons. The first-order valence-corrected chi connectivity index (χ1v) is 6.48. The predicted molar refractivity (Wildman–Crippen MR) is 78.4 cm³/mol. The highest BCUT2D eigenvalue weighted by Crippen LogP contribution is 2.31. The number of aryl methyl sites for hydroxylation is 1. The van der Waals surface area contributed by atoms with Crippen molar-refractivity contribution in [3.8, 4) is 0 Å². The fraction of sp³-hybridized carbons (Fsp3) is 0.0769. The van der Waals surface area contributed by atoms with Crippen LogP contribution < -0.4 is 11.1 Å². The van der Waals surface area contributed by atoms with Crippen LogP contribution in [-0.2, 0) is 0 Å². The maximum atomic E-state index is 5.81. The lowest BCUT2D eigenvalue weighted by Gasteiger charge is -2.09. The number of nitrogens with one attached hydrogen (secondary N) is 1. The quantitative estimate of drug-likeness (QED) is 0.706. The van der Waals surface area contributed by atoms with Gasteiger partial charge in [0.1, 0.15) is 0 Å². The van der Waals surface area contributed by atoms with E-state index in [1.165, 1.54) is 5.56 Å². The van der Waals surface area contributed by atoms with E-state index in [1.807, 2.05) is 31.2 Å². The first-order chi connectivity index (χ1) is 9.15. The molecule has 0 aliphatic rings. The topological polar surface area (TPSA) is 77.0 Å². The minimum Gasteiger partial charge on any atom is -0.397 e. The molecule has 3 aromatic rings. The molecule has 3 N–H and O–H groups in total. The van der Waals surface area contributed by atoms with Crippen LogP contribution in [0.1, 0.15) is 5.56 Å². The molecule has 0 aliphatic carbocycles. The Morgan fingerprint density at radius 1 is 1.11 bits per heavy atom. The Labute approximate surface area is 117 Å². The standard InChI is InChI=1S/C13H11BrN4O/c1-7-2-4-10(8(14)6-7)16-11-5-3-9(15)12-13(11)18-19-17-12/h2-6,16H,15H2,1H3. The molecular formula is C13H11BrN4O. The van der Waals surface area contributed by atoms with Gasteiger partial charge in [-0.3, -0.25) is 0 Å². The lowest BCUT2D eigenvalue weighted by molar-refractivity contribution is 0.316. The van der Waals surface area contributed by atoms with Gasteiger partial charge in [0, 0.05) is 4.47 Å². The van der Waals surface area contributed by atoms with Gasteiger partial charge in [0.2, 0.25) is 0 Å². The Morgan fingerprint density at radius 3 is 2.63 bits per heavy atom. The van der Waals surface area contributed by atoms with Gasteiger partial charge in [-0.1, -0.05) is 6.07 Å². The maximum absolute atomic E-state index is 5.81. The summed E-state index contributed by atoms with van der Waals surface area (Å²) in [7, 11) is 0. The molecule has 0 saturated heterocycles. The molecule has 0 fully saturated rings. The summed E-state index contributed by atoms with van der Waals surface area (Å²) in [5, 5.41) is 11.0. The second-order valence-electron chi connectivity index (χ2n) is 4.27. The number of fused-ring (bicyclic) bond motifs is 1. The molecule has 0 unspecified atom stereocenters. The summed E-state index contributed by atoms with van der Waals surface area (Å²) in [6.45, 7) is 2.04. The van der Waals surface area contributed by atoms with Crippen LogP contribution >= 0.6 is 15.9 Å². The van der Waals surface area contributed by atoms with E-state index in [9.17, 15) is 0 Å². The Balaban J connectivity index is 2.06. The van der Waals surface area contributed by atoms with Crippen molar-refractivity contribution in [2.45, 2.75) is 6.92 Å². The van der Waals surface area contributed by atoms with Gasteiger partial charge in [0.25, 0.3) is 0 Å². The third-order valence-electron chi connectivity index (χ3n) is 2.84. The molecule has 0 atom stereocenters. The summed E-state index contributed by atoms with van der Waals surface area (Å²) in [6.07, 6.45) is 0. The zero-order valence-corrected chi connectivity index (χ0v) is 11.7. The van der Waals surface area contributed by atoms with Crippen molar-refractivity contribution in [1.82, 2.24) is 10.3 Å². The first-order valence-electron chi connectivity index (χ1n) is 5.69. The van der Waals surface area contributed by atoms with E-state index in [1.54, 1.807) is 6.07 Å². The van der Waals surface area contributed by atoms with Crippen molar-refractivity contribution in [2.75, 3.05) is 11.1 Å². The summed E-state index contributed by atoms with van der Waals surface area (Å²) in [5.74, 6) is 0. The molecule has 2 aromatic carbocycles. The summed E-state index contributed by atoms with van der Waals surface area (Å²) < 4.78 is 5.72. The van der Waals surface area contributed by atoms with Crippen LogP contribution in [0.25, 0.3) is 11.0 Å². The lowest BCUT2D eigenvalue weighted by atomic mass is 10.2. The highest BCUT2D eigenvalue weighted by atomic mass is 79.9. The number of nitrogen functional groups attached to an aromatic ring is 1. The van der Waals surface area contributed by atoms with E-state index in [2.05, 4.69) is 31.6 Å². The number of anilines is 3. The van der Waals surface area contributed by atoms with Crippen LogP contribution in [0.2, 0.25) is 0 Å². The summed E-state index contributed by atoms with van der Waals surface area (Å²) in [5.41, 5.74) is 10.5. The molecular weight excluding hydrogens is 308 g/mol. The largest absolute Gasteiger partial charge is 0.397 e. The van der Waals surface area contributed by atoms with Gasteiger partial charge in [-0.15, -0.1) is 0 Å². The van der Waals surface area contributed by atoms with Crippen molar-refractivity contribution in [2.24, 2.45) is 0 Å². The van der Waals surface area contributed by atoms with Crippen LogP contribution in [0.15, 0.2) is 39.4 Å². The number of halogens is 1. The van der Waals surface area contributed by atoms with Crippen molar-refractivity contribution < 1.29 is 4.63 Å². The molecule has 0 aliphatic heterocycles. The molecule has 5 nitrogen and oxygen atoms in total.